The Morgan fingerprint density at radius 3 is 2.04 bits per heavy atom. The third kappa shape index (κ3) is 4.49. The van der Waals surface area contributed by atoms with E-state index >= 15 is 0 Å². The maximum absolute atomic E-state index is 6.82. The summed E-state index contributed by atoms with van der Waals surface area (Å²) in [5.74, 6) is 0. The van der Waals surface area contributed by atoms with Crippen molar-refractivity contribution in [3.05, 3.63) is 83.1 Å². The Morgan fingerprint density at radius 1 is 0.880 bits per heavy atom. The first-order chi connectivity index (χ1) is 12.3. The molecule has 0 amide bonds. The van der Waals surface area contributed by atoms with Crippen molar-refractivity contribution in [2.24, 2.45) is 0 Å². The van der Waals surface area contributed by atoms with Crippen LogP contribution in [0.1, 0.15) is 25.3 Å². The van der Waals surface area contributed by atoms with Gasteiger partial charge in [0, 0.05) is 6.61 Å². The minimum absolute atomic E-state index is 0.788. The van der Waals surface area contributed by atoms with Gasteiger partial charge in [-0.05, 0) is 45.2 Å². The van der Waals surface area contributed by atoms with Crippen molar-refractivity contribution in [1.29, 1.82) is 0 Å². The van der Waals surface area contributed by atoms with Gasteiger partial charge in [-0.2, -0.15) is 11.3 Å². The Kier molecular flexibility index (Phi) is 6.62. The van der Waals surface area contributed by atoms with Crippen molar-refractivity contribution in [1.82, 2.24) is 0 Å². The highest BCUT2D eigenvalue weighted by molar-refractivity contribution is 7.08. The predicted octanol–water partition coefficient (Wildman–Crippen LogP) is 4.87. The molecule has 0 saturated carbocycles. The number of thiophene rings is 1. The average Bonchev–Trinajstić information content (AvgIpc) is 3.19. The normalized spacial score (nSPS) is 11.6. The van der Waals surface area contributed by atoms with Crippen LogP contribution in [0.5, 0.6) is 0 Å². The van der Waals surface area contributed by atoms with E-state index in [0.29, 0.717) is 0 Å². The van der Waals surface area contributed by atoms with Crippen LogP contribution in [-0.4, -0.2) is 14.9 Å². The third-order valence-electron chi connectivity index (χ3n) is 4.68. The Bertz CT molecular complexity index is 686. The lowest BCUT2D eigenvalue weighted by Crippen LogP contribution is -2.61. The van der Waals surface area contributed by atoms with Crippen LogP contribution in [0.25, 0.3) is 0 Å². The van der Waals surface area contributed by atoms with Crippen LogP contribution in [0.2, 0.25) is 6.04 Å². The summed E-state index contributed by atoms with van der Waals surface area (Å²) < 4.78 is 6.82. The van der Waals surface area contributed by atoms with Crippen molar-refractivity contribution in [3.63, 3.8) is 0 Å². The molecule has 130 valence electrons. The van der Waals surface area contributed by atoms with E-state index in [1.54, 1.807) is 11.3 Å². The van der Waals surface area contributed by atoms with E-state index < -0.39 is 8.32 Å². The Labute approximate surface area is 156 Å². The molecule has 0 bridgehead atoms. The maximum atomic E-state index is 6.82. The van der Waals surface area contributed by atoms with E-state index in [-0.39, 0.29) is 0 Å². The second-order valence-corrected chi connectivity index (χ2v) is 10.8. The van der Waals surface area contributed by atoms with Gasteiger partial charge >= 0.3 is 0 Å². The predicted molar refractivity (Wildman–Crippen MR) is 112 cm³/mol. The van der Waals surface area contributed by atoms with Crippen LogP contribution >= 0.6 is 11.3 Å². The monoisotopic (exact) mass is 366 g/mol. The summed E-state index contributed by atoms with van der Waals surface area (Å²) in [7, 11) is -2.20. The van der Waals surface area contributed by atoms with Gasteiger partial charge in [0.25, 0.3) is 8.32 Å². The van der Waals surface area contributed by atoms with Crippen molar-refractivity contribution in [2.75, 3.05) is 6.61 Å². The number of rotatable bonds is 9. The number of hydrogen-bond acceptors (Lipinski definition) is 2. The number of unbranched alkanes of at least 4 members (excludes halogenated alkanes) is 1. The highest BCUT2D eigenvalue weighted by Crippen LogP contribution is 2.18. The van der Waals surface area contributed by atoms with Gasteiger partial charge in [-0.1, -0.05) is 80.4 Å². The molecule has 1 heterocycles. The summed E-state index contributed by atoms with van der Waals surface area (Å²) >= 11 is 1.76. The highest BCUT2D eigenvalue weighted by Gasteiger charge is 2.38. The molecule has 0 saturated heterocycles. The van der Waals surface area contributed by atoms with E-state index in [1.165, 1.54) is 28.8 Å². The quantitative estimate of drug-likeness (QED) is 0.491. The van der Waals surface area contributed by atoms with Crippen LogP contribution in [0, 0.1) is 0 Å². The summed E-state index contributed by atoms with van der Waals surface area (Å²) in [6.07, 6.45) is 3.39. The van der Waals surface area contributed by atoms with Gasteiger partial charge in [0.15, 0.2) is 0 Å². The zero-order valence-corrected chi connectivity index (χ0v) is 16.7. The van der Waals surface area contributed by atoms with Gasteiger partial charge in [0.1, 0.15) is 0 Å². The lowest BCUT2D eigenvalue weighted by atomic mass is 10.3. The molecule has 0 aliphatic carbocycles. The zero-order valence-electron chi connectivity index (χ0n) is 14.9. The second kappa shape index (κ2) is 9.14. The van der Waals surface area contributed by atoms with E-state index in [9.17, 15) is 0 Å². The summed E-state index contributed by atoms with van der Waals surface area (Å²) in [6.45, 7) is 3.05. The summed E-state index contributed by atoms with van der Waals surface area (Å²) in [5, 5.41) is 7.15. The molecule has 0 aliphatic rings. The smallest absolute Gasteiger partial charge is 0.255 e. The molecule has 0 N–H and O–H groups in total. The second-order valence-electron chi connectivity index (χ2n) is 6.39. The maximum Gasteiger partial charge on any atom is 0.255 e. The lowest BCUT2D eigenvalue weighted by molar-refractivity contribution is 0.319. The minimum Gasteiger partial charge on any atom is -0.408 e. The fourth-order valence-corrected chi connectivity index (χ4v) is 8.17. The zero-order chi connectivity index (χ0) is 17.4. The molecule has 0 unspecified atom stereocenters. The largest absolute Gasteiger partial charge is 0.408 e. The van der Waals surface area contributed by atoms with Gasteiger partial charge < -0.3 is 4.43 Å². The van der Waals surface area contributed by atoms with Crippen LogP contribution in [0.15, 0.2) is 77.5 Å². The molecule has 1 nitrogen and oxygen atoms in total. The first-order valence-corrected chi connectivity index (χ1v) is 12.2. The van der Waals surface area contributed by atoms with Gasteiger partial charge in [-0.15, -0.1) is 0 Å². The molecule has 3 aromatic rings. The molecular formula is C22H26OSSi. The molecule has 0 aliphatic heterocycles. The third-order valence-corrected chi connectivity index (χ3v) is 9.70. The van der Waals surface area contributed by atoms with Gasteiger partial charge in [0.2, 0.25) is 0 Å². The lowest BCUT2D eigenvalue weighted by Gasteiger charge is -2.32. The van der Waals surface area contributed by atoms with Crippen LogP contribution < -0.4 is 10.4 Å². The minimum atomic E-state index is -2.20. The van der Waals surface area contributed by atoms with E-state index in [4.69, 9.17) is 4.43 Å². The van der Waals surface area contributed by atoms with Crippen LogP contribution in [0.4, 0.5) is 0 Å². The molecule has 0 radical (unpaired) electrons. The Balaban J connectivity index is 1.92. The number of benzene rings is 2. The van der Waals surface area contributed by atoms with E-state index in [0.717, 1.165) is 19.1 Å². The topological polar surface area (TPSA) is 9.23 Å². The average molecular weight is 367 g/mol. The van der Waals surface area contributed by atoms with Crippen molar-refractivity contribution in [3.8, 4) is 0 Å². The van der Waals surface area contributed by atoms with Crippen molar-refractivity contribution >= 4 is 30.0 Å². The SMILES string of the molecule is CCCC[Si](OCCc1ccsc1)(c1ccccc1)c1ccccc1. The van der Waals surface area contributed by atoms with Crippen molar-refractivity contribution < 1.29 is 4.43 Å². The van der Waals surface area contributed by atoms with Crippen LogP contribution in [-0.2, 0) is 10.8 Å². The highest BCUT2D eigenvalue weighted by atomic mass is 32.1. The summed E-state index contributed by atoms with van der Waals surface area (Å²) in [4.78, 5) is 0. The Hall–Kier alpha value is -1.68. The van der Waals surface area contributed by atoms with Gasteiger partial charge in [-0.25, -0.2) is 0 Å². The fraction of sp³-hybridized carbons (Fsp3) is 0.273. The molecule has 0 atom stereocenters. The first-order valence-electron chi connectivity index (χ1n) is 9.11. The molecule has 3 rings (SSSR count). The molecule has 3 heteroatoms. The number of hydrogen-bond donors (Lipinski definition) is 0. The first kappa shape index (κ1) is 18.1. The van der Waals surface area contributed by atoms with E-state index in [2.05, 4.69) is 84.4 Å². The van der Waals surface area contributed by atoms with Crippen LogP contribution in [0.3, 0.4) is 0 Å². The molecule has 0 fully saturated rings. The molecule has 1 aromatic heterocycles. The fourth-order valence-electron chi connectivity index (χ4n) is 3.31. The molecule has 2 aromatic carbocycles. The molecular weight excluding hydrogens is 340 g/mol. The Morgan fingerprint density at radius 2 is 1.52 bits per heavy atom. The van der Waals surface area contributed by atoms with Gasteiger partial charge in [0.05, 0.1) is 0 Å². The molecule has 0 spiro atoms. The molecule has 25 heavy (non-hydrogen) atoms. The van der Waals surface area contributed by atoms with E-state index in [1.807, 2.05) is 0 Å². The standard InChI is InChI=1S/C22H26OSSi/c1-2-3-18-25(21-10-6-4-7-11-21,22-12-8-5-9-13-22)23-16-14-20-15-17-24-19-20/h4-13,15,17,19H,2-3,14,16,18H2,1H3. The summed E-state index contributed by atoms with van der Waals surface area (Å²) in [6, 6.07) is 25.2. The summed E-state index contributed by atoms with van der Waals surface area (Å²) in [5.41, 5.74) is 1.38. The van der Waals surface area contributed by atoms with Crippen molar-refractivity contribution in [2.45, 2.75) is 32.2 Å². The van der Waals surface area contributed by atoms with Gasteiger partial charge in [-0.3, -0.25) is 0 Å².